The number of amides is 1. The Kier molecular flexibility index (Phi) is 8.34. The van der Waals surface area contributed by atoms with Crippen LogP contribution in [0.25, 0.3) is 32.8 Å². The van der Waals surface area contributed by atoms with Crippen LogP contribution >= 0.6 is 11.6 Å². The Morgan fingerprint density at radius 3 is 2.73 bits per heavy atom. The summed E-state index contributed by atoms with van der Waals surface area (Å²) >= 11 is 6.39. The molecule has 0 spiro atoms. The number of likely N-dealkylation sites (N-methyl/N-ethyl adjacent to an activating group) is 1. The third-order valence-electron chi connectivity index (χ3n) is 8.63. The largest absolute Gasteiger partial charge is 0.462 e. The molecule has 0 saturated carbocycles. The second kappa shape index (κ2) is 12.3. The molecule has 226 valence electrons. The van der Waals surface area contributed by atoms with Crippen LogP contribution in [-0.2, 0) is 4.79 Å². The fourth-order valence-electron chi connectivity index (χ4n) is 6.27. The molecule has 2 aliphatic rings. The maximum atomic E-state index is 16.6. The van der Waals surface area contributed by atoms with Crippen LogP contribution in [0, 0.1) is 23.0 Å². The maximum Gasteiger partial charge on any atom is 0.319 e. The zero-order valence-electron chi connectivity index (χ0n) is 24.3. The van der Waals surface area contributed by atoms with Crippen LogP contribution in [0.2, 0.25) is 5.02 Å². The normalized spacial score (nSPS) is 19.0. The molecule has 2 fully saturated rings. The molecular formula is C33H31ClF2N6O2. The molecule has 0 unspecified atom stereocenters. The van der Waals surface area contributed by atoms with Gasteiger partial charge in [-0.1, -0.05) is 48.5 Å². The number of nitriles is 1. The van der Waals surface area contributed by atoms with Crippen LogP contribution in [0.5, 0.6) is 6.01 Å². The van der Waals surface area contributed by atoms with Crippen LogP contribution in [0.4, 0.5) is 14.6 Å². The molecule has 0 bridgehead atoms. The Morgan fingerprint density at radius 1 is 1.14 bits per heavy atom. The number of piperazine rings is 1. The van der Waals surface area contributed by atoms with Crippen molar-refractivity contribution in [1.29, 1.82) is 5.26 Å². The van der Waals surface area contributed by atoms with E-state index < -0.39 is 17.7 Å². The molecule has 0 aliphatic carbocycles. The molecule has 3 heterocycles. The van der Waals surface area contributed by atoms with Crippen molar-refractivity contribution in [3.05, 3.63) is 71.8 Å². The van der Waals surface area contributed by atoms with E-state index in [1.54, 1.807) is 41.3 Å². The lowest BCUT2D eigenvalue weighted by Crippen LogP contribution is -2.55. The number of halogens is 3. The zero-order valence-corrected chi connectivity index (χ0v) is 25.0. The molecule has 3 aromatic carbocycles. The Hall–Kier alpha value is -4.33. The van der Waals surface area contributed by atoms with Crippen LogP contribution in [0.15, 0.2) is 55.1 Å². The van der Waals surface area contributed by atoms with E-state index in [0.717, 1.165) is 19.4 Å². The minimum absolute atomic E-state index is 0.0345. The number of carbonyl (C=O) groups excluding carboxylic acids is 1. The molecular weight excluding hydrogens is 586 g/mol. The molecule has 4 aromatic rings. The highest BCUT2D eigenvalue weighted by Gasteiger charge is 2.32. The summed E-state index contributed by atoms with van der Waals surface area (Å²) in [4.78, 5) is 27.6. The second-order valence-electron chi connectivity index (χ2n) is 11.2. The number of hydrogen-bond acceptors (Lipinski definition) is 7. The van der Waals surface area contributed by atoms with E-state index in [1.807, 2.05) is 11.9 Å². The first-order valence-corrected chi connectivity index (χ1v) is 14.9. The molecule has 44 heavy (non-hydrogen) atoms. The highest BCUT2D eigenvalue weighted by Crippen LogP contribution is 2.39. The second-order valence-corrected chi connectivity index (χ2v) is 11.6. The zero-order chi connectivity index (χ0) is 31.0. The van der Waals surface area contributed by atoms with Gasteiger partial charge in [-0.3, -0.25) is 4.79 Å². The highest BCUT2D eigenvalue weighted by atomic mass is 35.5. The fraction of sp³-hybridized carbons (Fsp3) is 0.333. The first-order valence-electron chi connectivity index (χ1n) is 14.6. The first-order chi connectivity index (χ1) is 21.3. The minimum Gasteiger partial charge on any atom is -0.462 e. The van der Waals surface area contributed by atoms with Crippen molar-refractivity contribution in [2.24, 2.45) is 0 Å². The summed E-state index contributed by atoms with van der Waals surface area (Å²) in [5.74, 6) is -1.00. The molecule has 1 aromatic heterocycles. The van der Waals surface area contributed by atoms with Gasteiger partial charge in [0.05, 0.1) is 23.6 Å². The Labute approximate surface area is 259 Å². The number of hydrogen-bond donors (Lipinski definition) is 0. The van der Waals surface area contributed by atoms with Gasteiger partial charge in [-0.2, -0.15) is 15.2 Å². The van der Waals surface area contributed by atoms with E-state index >= 15 is 4.39 Å². The highest BCUT2D eigenvalue weighted by molar-refractivity contribution is 6.37. The molecule has 8 nitrogen and oxygen atoms in total. The summed E-state index contributed by atoms with van der Waals surface area (Å²) in [6.07, 6.45) is 3.40. The van der Waals surface area contributed by atoms with Gasteiger partial charge in [-0.05, 0) is 55.6 Å². The van der Waals surface area contributed by atoms with Gasteiger partial charge < -0.3 is 19.4 Å². The quantitative estimate of drug-likeness (QED) is 0.237. The van der Waals surface area contributed by atoms with Crippen LogP contribution < -0.4 is 9.64 Å². The predicted molar refractivity (Wildman–Crippen MR) is 167 cm³/mol. The first kappa shape index (κ1) is 29.7. The number of aromatic nitrogens is 2. The number of anilines is 1. The molecule has 0 N–H and O–H groups in total. The molecule has 1 amide bonds. The molecule has 2 aliphatic heterocycles. The van der Waals surface area contributed by atoms with E-state index in [1.165, 1.54) is 12.1 Å². The van der Waals surface area contributed by atoms with Gasteiger partial charge >= 0.3 is 6.01 Å². The van der Waals surface area contributed by atoms with Crippen molar-refractivity contribution in [3.8, 4) is 23.2 Å². The summed E-state index contributed by atoms with van der Waals surface area (Å²) < 4.78 is 37.3. The smallest absolute Gasteiger partial charge is 0.319 e. The van der Waals surface area contributed by atoms with Crippen molar-refractivity contribution in [3.63, 3.8) is 0 Å². The standard InChI is InChI=1S/C33H31ClF2N6O2/c1-3-27(43)42-17-16-41(18-21(42)13-14-37)32-25-11-10-24(23-8-4-6-20-9-12-26(35)29(34)28(20)23)30(36)31(25)38-33(39-32)44-19-22-7-5-15-40(22)2/h3-4,6,8-12,21-22H,1,5,7,13,15-19H2,2H3/t21-,22-/m0/s1. The van der Waals surface area contributed by atoms with Gasteiger partial charge in [0.15, 0.2) is 5.82 Å². The van der Waals surface area contributed by atoms with E-state index in [4.69, 9.17) is 21.3 Å². The summed E-state index contributed by atoms with van der Waals surface area (Å²) in [6.45, 7) is 5.96. The van der Waals surface area contributed by atoms with Gasteiger partial charge in [-0.15, -0.1) is 0 Å². The number of likely N-dealkylation sites (tertiary alicyclic amines) is 1. The van der Waals surface area contributed by atoms with Crippen LogP contribution in [-0.4, -0.2) is 77.6 Å². The summed E-state index contributed by atoms with van der Waals surface area (Å²) in [6, 6.07) is 13.5. The summed E-state index contributed by atoms with van der Waals surface area (Å²) in [7, 11) is 2.04. The lowest BCUT2D eigenvalue weighted by atomic mass is 9.96. The maximum absolute atomic E-state index is 16.6. The summed E-state index contributed by atoms with van der Waals surface area (Å²) in [5, 5.41) is 10.9. The molecule has 0 radical (unpaired) electrons. The fourth-order valence-corrected chi connectivity index (χ4v) is 6.54. The van der Waals surface area contributed by atoms with Crippen molar-refractivity contribution in [1.82, 2.24) is 19.8 Å². The average Bonchev–Trinajstić information content (AvgIpc) is 3.45. The average molecular weight is 617 g/mol. The number of ether oxygens (including phenoxy) is 1. The van der Waals surface area contributed by atoms with Crippen LogP contribution in [0.3, 0.4) is 0 Å². The Bertz CT molecular complexity index is 1810. The third-order valence-corrected chi connectivity index (χ3v) is 9.00. The number of benzene rings is 3. The van der Waals surface area contributed by atoms with E-state index in [9.17, 15) is 14.4 Å². The van der Waals surface area contributed by atoms with E-state index in [-0.39, 0.29) is 40.5 Å². The topological polar surface area (TPSA) is 85.6 Å². The van der Waals surface area contributed by atoms with Gasteiger partial charge in [-0.25, -0.2) is 8.78 Å². The van der Waals surface area contributed by atoms with Gasteiger partial charge in [0.25, 0.3) is 0 Å². The van der Waals surface area contributed by atoms with Gasteiger partial charge in [0.1, 0.15) is 23.8 Å². The lowest BCUT2D eigenvalue weighted by molar-refractivity contribution is -0.128. The monoisotopic (exact) mass is 616 g/mol. The lowest BCUT2D eigenvalue weighted by Gasteiger charge is -2.41. The SMILES string of the molecule is C=CC(=O)N1CCN(c2nc(OC[C@@H]3CCCN3C)nc3c(F)c(-c4cccc5ccc(F)c(Cl)c45)ccc23)C[C@@H]1CC#N. The third kappa shape index (κ3) is 5.42. The van der Waals surface area contributed by atoms with Gasteiger partial charge in [0, 0.05) is 42.0 Å². The van der Waals surface area contributed by atoms with Crippen molar-refractivity contribution < 1.29 is 18.3 Å². The molecule has 2 saturated heterocycles. The van der Waals surface area contributed by atoms with E-state index in [2.05, 4.69) is 22.5 Å². The predicted octanol–water partition coefficient (Wildman–Crippen LogP) is 5.97. The molecule has 6 rings (SSSR count). The number of nitrogens with zero attached hydrogens (tertiary/aromatic N) is 6. The van der Waals surface area contributed by atoms with Crippen LogP contribution in [0.1, 0.15) is 19.3 Å². The van der Waals surface area contributed by atoms with Crippen molar-refractivity contribution in [2.45, 2.75) is 31.3 Å². The van der Waals surface area contributed by atoms with E-state index in [0.29, 0.717) is 53.8 Å². The summed E-state index contributed by atoms with van der Waals surface area (Å²) in [5.41, 5.74) is 0.700. The number of fused-ring (bicyclic) bond motifs is 2. The van der Waals surface area contributed by atoms with Gasteiger partial charge in [0.2, 0.25) is 5.91 Å². The number of carbonyl (C=O) groups is 1. The van der Waals surface area contributed by atoms with Crippen molar-refractivity contribution >= 4 is 45.0 Å². The molecule has 11 heteroatoms. The Balaban J connectivity index is 1.47. The number of rotatable bonds is 7. The Morgan fingerprint density at radius 2 is 1.98 bits per heavy atom. The van der Waals surface area contributed by atoms with Crippen molar-refractivity contribution in [2.75, 3.05) is 44.7 Å². The molecule has 2 atom stereocenters. The minimum atomic E-state index is -0.615.